The number of carbonyl (C=O) groups is 2. The number of carbonyl (C=O) groups excluding carboxylic acids is 2. The fourth-order valence-corrected chi connectivity index (χ4v) is 5.27. The van der Waals surface area contributed by atoms with E-state index in [1.165, 1.54) is 4.88 Å². The standard InChI is InChI=1S/C25H36N4O2S/c1-15-13-22(29(14-15)24(30)18(4)27(6)7)25(31)28(8)17(3)20-9-11-21(12-10-20)23-16(2)26-19(5)32-23/h9-12,15,17-18,22H,13-14H2,1-8H3/t15-,17?,18+,22+/m1/s1. The second-order valence-electron chi connectivity index (χ2n) is 9.38. The Morgan fingerprint density at radius 1 is 1.12 bits per heavy atom. The van der Waals surface area contributed by atoms with Crippen LogP contribution in [-0.4, -0.2) is 71.3 Å². The average Bonchev–Trinajstić information content (AvgIpc) is 3.32. The van der Waals surface area contributed by atoms with Crippen LogP contribution in [0.2, 0.25) is 0 Å². The SMILES string of the molecule is Cc1nc(C)c(-c2ccc(C(C)N(C)C(=O)[C@@H]3C[C@@H](C)CN3C(=O)[C@H](C)N(C)C)cc2)s1. The third-order valence-corrected chi connectivity index (χ3v) is 7.82. The number of thiazole rings is 1. The lowest BCUT2D eigenvalue weighted by Gasteiger charge is -2.33. The van der Waals surface area contributed by atoms with Gasteiger partial charge in [0.1, 0.15) is 6.04 Å². The van der Waals surface area contributed by atoms with Gasteiger partial charge >= 0.3 is 0 Å². The van der Waals surface area contributed by atoms with Gasteiger partial charge in [-0.1, -0.05) is 31.2 Å². The van der Waals surface area contributed by atoms with Gasteiger partial charge in [0.2, 0.25) is 11.8 Å². The highest BCUT2D eigenvalue weighted by Crippen LogP contribution is 2.32. The molecule has 1 saturated heterocycles. The maximum atomic E-state index is 13.5. The summed E-state index contributed by atoms with van der Waals surface area (Å²) >= 11 is 1.70. The number of aromatic nitrogens is 1. The molecule has 0 aliphatic carbocycles. The minimum atomic E-state index is -0.394. The zero-order chi connectivity index (χ0) is 23.7. The summed E-state index contributed by atoms with van der Waals surface area (Å²) in [6.45, 7) is 10.7. The summed E-state index contributed by atoms with van der Waals surface area (Å²) in [5.74, 6) is 0.355. The van der Waals surface area contributed by atoms with Crippen molar-refractivity contribution in [3.63, 3.8) is 0 Å². The zero-order valence-electron chi connectivity index (χ0n) is 20.5. The van der Waals surface area contributed by atoms with Crippen molar-refractivity contribution in [3.05, 3.63) is 40.5 Å². The van der Waals surface area contributed by atoms with Crippen LogP contribution in [0.3, 0.4) is 0 Å². The second kappa shape index (κ2) is 9.71. The average molecular weight is 457 g/mol. The molecule has 32 heavy (non-hydrogen) atoms. The van der Waals surface area contributed by atoms with Gasteiger partial charge in [-0.25, -0.2) is 4.98 Å². The molecular weight excluding hydrogens is 420 g/mol. The van der Waals surface area contributed by atoms with Gasteiger partial charge in [-0.15, -0.1) is 11.3 Å². The fraction of sp³-hybridized carbons (Fsp3) is 0.560. The van der Waals surface area contributed by atoms with Crippen LogP contribution in [0.4, 0.5) is 0 Å². The van der Waals surface area contributed by atoms with Gasteiger partial charge in [-0.05, 0) is 65.3 Å². The molecule has 2 heterocycles. The van der Waals surface area contributed by atoms with Gasteiger partial charge in [-0.3, -0.25) is 14.5 Å². The van der Waals surface area contributed by atoms with Gasteiger partial charge in [0, 0.05) is 13.6 Å². The summed E-state index contributed by atoms with van der Waals surface area (Å²) in [4.78, 5) is 37.7. The summed E-state index contributed by atoms with van der Waals surface area (Å²) < 4.78 is 0. The van der Waals surface area contributed by atoms with Crippen LogP contribution in [0.1, 0.15) is 49.5 Å². The van der Waals surface area contributed by atoms with Crippen LogP contribution >= 0.6 is 11.3 Å². The highest BCUT2D eigenvalue weighted by molar-refractivity contribution is 7.15. The monoisotopic (exact) mass is 456 g/mol. The first-order chi connectivity index (χ1) is 15.0. The highest BCUT2D eigenvalue weighted by atomic mass is 32.1. The molecule has 1 aromatic heterocycles. The smallest absolute Gasteiger partial charge is 0.245 e. The van der Waals surface area contributed by atoms with Crippen molar-refractivity contribution in [1.29, 1.82) is 0 Å². The number of hydrogen-bond donors (Lipinski definition) is 0. The Hall–Kier alpha value is -2.25. The van der Waals surface area contributed by atoms with Gasteiger partial charge in [0.25, 0.3) is 0 Å². The predicted octanol–water partition coefficient (Wildman–Crippen LogP) is 4.13. The topological polar surface area (TPSA) is 56.8 Å². The van der Waals surface area contributed by atoms with Crippen molar-refractivity contribution < 1.29 is 9.59 Å². The maximum Gasteiger partial charge on any atom is 0.245 e. The molecule has 4 atom stereocenters. The zero-order valence-corrected chi connectivity index (χ0v) is 21.4. The van der Waals surface area contributed by atoms with E-state index in [-0.39, 0.29) is 23.9 Å². The first kappa shape index (κ1) is 24.4. The van der Waals surface area contributed by atoms with E-state index in [2.05, 4.69) is 36.2 Å². The molecule has 3 rings (SSSR count). The van der Waals surface area contributed by atoms with Crippen molar-refractivity contribution >= 4 is 23.2 Å². The third-order valence-electron chi connectivity index (χ3n) is 6.70. The Bertz CT molecular complexity index is 969. The third kappa shape index (κ3) is 4.89. The number of benzene rings is 1. The van der Waals surface area contributed by atoms with Crippen LogP contribution in [0.5, 0.6) is 0 Å². The van der Waals surface area contributed by atoms with E-state index in [0.29, 0.717) is 18.9 Å². The molecule has 1 aromatic carbocycles. The van der Waals surface area contributed by atoms with Crippen molar-refractivity contribution in [1.82, 2.24) is 19.7 Å². The predicted molar refractivity (Wildman–Crippen MR) is 131 cm³/mol. The van der Waals surface area contributed by atoms with Crippen molar-refractivity contribution in [2.45, 2.75) is 59.2 Å². The lowest BCUT2D eigenvalue weighted by Crippen LogP contribution is -2.51. The van der Waals surface area contributed by atoms with Gasteiger partial charge in [-0.2, -0.15) is 0 Å². The van der Waals surface area contributed by atoms with Crippen LogP contribution in [0.25, 0.3) is 10.4 Å². The van der Waals surface area contributed by atoms with E-state index in [1.54, 1.807) is 21.1 Å². The molecule has 1 aliphatic heterocycles. The largest absolute Gasteiger partial charge is 0.337 e. The van der Waals surface area contributed by atoms with E-state index < -0.39 is 6.04 Å². The molecule has 0 bridgehead atoms. The molecule has 1 unspecified atom stereocenters. The van der Waals surface area contributed by atoms with Gasteiger partial charge < -0.3 is 9.80 Å². The van der Waals surface area contributed by atoms with Gasteiger partial charge in [0.05, 0.1) is 27.7 Å². The number of aryl methyl sites for hydroxylation is 2. The number of hydrogen-bond acceptors (Lipinski definition) is 5. The van der Waals surface area contributed by atoms with Crippen LogP contribution < -0.4 is 0 Å². The Labute approximate surface area is 196 Å². The molecule has 1 aliphatic rings. The molecule has 6 nitrogen and oxygen atoms in total. The molecule has 0 saturated carbocycles. The Morgan fingerprint density at radius 2 is 1.75 bits per heavy atom. The molecular formula is C25H36N4O2S. The fourth-order valence-electron chi connectivity index (χ4n) is 4.35. The lowest BCUT2D eigenvalue weighted by atomic mass is 10.0. The van der Waals surface area contributed by atoms with Gasteiger partial charge in [0.15, 0.2) is 0 Å². The summed E-state index contributed by atoms with van der Waals surface area (Å²) in [7, 11) is 5.64. The van der Waals surface area contributed by atoms with Crippen molar-refractivity contribution in [2.24, 2.45) is 5.92 Å². The first-order valence-corrected chi connectivity index (χ1v) is 12.1. The molecule has 0 radical (unpaired) electrons. The molecule has 7 heteroatoms. The summed E-state index contributed by atoms with van der Waals surface area (Å²) in [5, 5.41) is 1.06. The second-order valence-corrected chi connectivity index (χ2v) is 10.6. The quantitative estimate of drug-likeness (QED) is 0.656. The number of nitrogens with zero attached hydrogens (tertiary/aromatic N) is 4. The lowest BCUT2D eigenvalue weighted by molar-refractivity contribution is -0.146. The van der Waals surface area contributed by atoms with Crippen LogP contribution in [0.15, 0.2) is 24.3 Å². The Morgan fingerprint density at radius 3 is 2.28 bits per heavy atom. The molecule has 2 amide bonds. The minimum absolute atomic E-state index is 0.0131. The van der Waals surface area contributed by atoms with E-state index in [0.717, 1.165) is 21.8 Å². The summed E-state index contributed by atoms with van der Waals surface area (Å²) in [6, 6.07) is 7.67. The normalized spacial score (nSPS) is 20.5. The molecule has 0 N–H and O–H groups in total. The Kier molecular flexibility index (Phi) is 7.40. The van der Waals surface area contributed by atoms with Crippen LogP contribution in [0, 0.1) is 19.8 Å². The molecule has 174 valence electrons. The van der Waals surface area contributed by atoms with Crippen molar-refractivity contribution in [2.75, 3.05) is 27.7 Å². The van der Waals surface area contributed by atoms with E-state index in [9.17, 15) is 9.59 Å². The van der Waals surface area contributed by atoms with E-state index in [4.69, 9.17) is 0 Å². The highest BCUT2D eigenvalue weighted by Gasteiger charge is 2.41. The number of likely N-dealkylation sites (tertiary alicyclic amines) is 1. The molecule has 2 aromatic rings. The summed E-state index contributed by atoms with van der Waals surface area (Å²) in [6.07, 6.45) is 0.713. The Balaban J connectivity index is 1.75. The molecule has 0 spiro atoms. The number of amides is 2. The summed E-state index contributed by atoms with van der Waals surface area (Å²) in [5.41, 5.74) is 3.28. The number of likely N-dealkylation sites (N-methyl/N-ethyl adjacent to an activating group) is 2. The number of rotatable bonds is 6. The van der Waals surface area contributed by atoms with Crippen LogP contribution in [-0.2, 0) is 9.59 Å². The van der Waals surface area contributed by atoms with E-state index in [1.807, 2.05) is 53.7 Å². The van der Waals surface area contributed by atoms with Crippen molar-refractivity contribution in [3.8, 4) is 10.4 Å². The molecule has 1 fully saturated rings. The maximum absolute atomic E-state index is 13.5. The van der Waals surface area contributed by atoms with E-state index >= 15 is 0 Å². The first-order valence-electron chi connectivity index (χ1n) is 11.3. The minimum Gasteiger partial charge on any atom is -0.337 e.